The number of nitrogen functional groups attached to an aromatic ring is 2. The van der Waals surface area contributed by atoms with Crippen molar-refractivity contribution in [2.24, 2.45) is 0 Å². The summed E-state index contributed by atoms with van der Waals surface area (Å²) in [4.78, 5) is 4.12. The largest absolute Gasteiger partial charge is 0.399 e. The van der Waals surface area contributed by atoms with Crippen LogP contribution in [0, 0.1) is 0 Å². The second kappa shape index (κ2) is 7.16. The van der Waals surface area contributed by atoms with Gasteiger partial charge in [0, 0.05) is 29.3 Å². The van der Waals surface area contributed by atoms with E-state index >= 15 is 0 Å². The van der Waals surface area contributed by atoms with Gasteiger partial charge in [0.15, 0.2) is 0 Å². The Bertz CT molecular complexity index is 813. The van der Waals surface area contributed by atoms with Gasteiger partial charge >= 0.3 is 0 Å². The smallest absolute Gasteiger partial charge is 0.128 e. The Morgan fingerprint density at radius 2 is 1.46 bits per heavy atom. The van der Waals surface area contributed by atoms with Crippen LogP contribution in [0.5, 0.6) is 0 Å². The van der Waals surface area contributed by atoms with E-state index in [1.165, 1.54) is 0 Å². The number of anilines is 4. The predicted octanol–water partition coefficient (Wildman–Crippen LogP) is 0.793. The molecule has 4 rings (SSSR count). The van der Waals surface area contributed by atoms with Gasteiger partial charge in [0.2, 0.25) is 0 Å². The van der Waals surface area contributed by atoms with Gasteiger partial charge in [-0.15, -0.1) is 0 Å². The van der Waals surface area contributed by atoms with E-state index in [1.54, 1.807) is 12.1 Å². The quantitative estimate of drug-likeness (QED) is 0.467. The van der Waals surface area contributed by atoms with E-state index in [4.69, 9.17) is 11.5 Å². The molecule has 28 heavy (non-hydrogen) atoms. The van der Waals surface area contributed by atoms with Crippen molar-refractivity contribution in [1.29, 1.82) is 0 Å². The summed E-state index contributed by atoms with van der Waals surface area (Å²) in [7, 11) is 0. The third-order valence-corrected chi connectivity index (χ3v) is 6.28. The van der Waals surface area contributed by atoms with E-state index < -0.39 is 5.60 Å². The minimum atomic E-state index is -1.31. The van der Waals surface area contributed by atoms with Crippen molar-refractivity contribution >= 4 is 22.7 Å². The Kier molecular flexibility index (Phi) is 4.82. The van der Waals surface area contributed by atoms with Crippen molar-refractivity contribution in [2.45, 2.75) is 36.6 Å². The first-order valence-electron chi connectivity index (χ1n) is 9.68. The molecule has 7 N–H and O–H groups in total. The monoisotopic (exact) mass is 384 g/mol. The van der Waals surface area contributed by atoms with Gasteiger partial charge in [0.1, 0.15) is 5.60 Å². The molecule has 2 heterocycles. The molecule has 7 heteroatoms. The molecule has 7 nitrogen and oxygen atoms in total. The summed E-state index contributed by atoms with van der Waals surface area (Å²) in [5, 5.41) is 31.6. The van der Waals surface area contributed by atoms with Crippen LogP contribution in [-0.4, -0.2) is 58.8 Å². The number of nitrogens with zero attached hydrogens (tertiary/aromatic N) is 2. The van der Waals surface area contributed by atoms with Gasteiger partial charge in [0.25, 0.3) is 0 Å². The average Bonchev–Trinajstić information content (AvgIpc) is 2.64. The Morgan fingerprint density at radius 1 is 0.893 bits per heavy atom. The lowest BCUT2D eigenvalue weighted by atomic mass is 9.72. The minimum Gasteiger partial charge on any atom is -0.399 e. The van der Waals surface area contributed by atoms with E-state index in [1.807, 2.05) is 41.3 Å². The van der Waals surface area contributed by atoms with E-state index in [2.05, 4.69) is 4.90 Å². The Hall–Kier alpha value is -2.48. The van der Waals surface area contributed by atoms with E-state index in [9.17, 15) is 15.3 Å². The topological polar surface area (TPSA) is 119 Å². The molecule has 0 amide bonds. The fraction of sp³-hybridized carbons (Fsp3) is 0.429. The molecule has 0 radical (unpaired) electrons. The molecule has 2 aliphatic rings. The zero-order valence-electron chi connectivity index (χ0n) is 15.8. The standard InChI is InChI=1S/C21H28N4O3/c22-14-1-5-16(6-2-14)24-10-9-19(24)21(28,13-27)20-11-18(12-26)25(20)17-7-3-15(23)4-8-17/h1-8,18-20,26-28H,9-13,22-23H2. The fourth-order valence-electron chi connectivity index (χ4n) is 4.56. The van der Waals surface area contributed by atoms with Crippen molar-refractivity contribution in [3.63, 3.8) is 0 Å². The highest BCUT2D eigenvalue weighted by Gasteiger charge is 2.57. The maximum atomic E-state index is 11.6. The highest BCUT2D eigenvalue weighted by molar-refractivity contribution is 5.59. The number of hydrogen-bond donors (Lipinski definition) is 5. The van der Waals surface area contributed by atoms with Crippen LogP contribution in [0.2, 0.25) is 0 Å². The van der Waals surface area contributed by atoms with Gasteiger partial charge in [-0.3, -0.25) is 0 Å². The number of aliphatic hydroxyl groups is 3. The lowest BCUT2D eigenvalue weighted by Gasteiger charge is -2.61. The van der Waals surface area contributed by atoms with Crippen LogP contribution in [0.25, 0.3) is 0 Å². The first kappa shape index (κ1) is 18.9. The Morgan fingerprint density at radius 3 is 1.93 bits per heavy atom. The maximum Gasteiger partial charge on any atom is 0.128 e. The van der Waals surface area contributed by atoms with Gasteiger partial charge in [-0.25, -0.2) is 0 Å². The molecule has 2 aromatic rings. The number of benzene rings is 2. The van der Waals surface area contributed by atoms with Crippen molar-refractivity contribution in [1.82, 2.24) is 0 Å². The first-order chi connectivity index (χ1) is 13.5. The van der Waals surface area contributed by atoms with Crippen LogP contribution in [-0.2, 0) is 0 Å². The molecule has 0 bridgehead atoms. The molecule has 4 unspecified atom stereocenters. The minimum absolute atomic E-state index is 0.00523. The predicted molar refractivity (Wildman–Crippen MR) is 111 cm³/mol. The van der Waals surface area contributed by atoms with E-state index in [0.717, 1.165) is 24.3 Å². The average molecular weight is 384 g/mol. The molecule has 4 atom stereocenters. The molecule has 2 saturated heterocycles. The number of hydrogen-bond acceptors (Lipinski definition) is 7. The first-order valence-corrected chi connectivity index (χ1v) is 9.68. The third-order valence-electron chi connectivity index (χ3n) is 6.28. The lowest BCUT2D eigenvalue weighted by molar-refractivity contribution is -0.0911. The van der Waals surface area contributed by atoms with Gasteiger partial charge in [-0.1, -0.05) is 0 Å². The maximum absolute atomic E-state index is 11.6. The normalized spacial score (nSPS) is 26.3. The van der Waals surface area contributed by atoms with Gasteiger partial charge in [-0.2, -0.15) is 0 Å². The second-order valence-electron chi connectivity index (χ2n) is 7.83. The van der Waals surface area contributed by atoms with Crippen LogP contribution in [0.1, 0.15) is 12.8 Å². The Labute approximate surface area is 164 Å². The summed E-state index contributed by atoms with van der Waals surface area (Å²) < 4.78 is 0. The molecular weight excluding hydrogens is 356 g/mol. The fourth-order valence-corrected chi connectivity index (χ4v) is 4.56. The van der Waals surface area contributed by atoms with Gasteiger partial charge in [-0.05, 0) is 61.4 Å². The molecule has 0 saturated carbocycles. The van der Waals surface area contributed by atoms with Crippen LogP contribution in [0.4, 0.5) is 22.7 Å². The SMILES string of the molecule is Nc1ccc(N2CCC2C(O)(CO)C2CC(CO)N2c2ccc(N)cc2)cc1. The van der Waals surface area contributed by atoms with Crippen LogP contribution in [0.15, 0.2) is 48.5 Å². The number of rotatable bonds is 6. The van der Waals surface area contributed by atoms with Crippen LogP contribution in [0.3, 0.4) is 0 Å². The molecule has 0 aromatic heterocycles. The molecule has 0 aliphatic carbocycles. The molecule has 2 aromatic carbocycles. The summed E-state index contributed by atoms with van der Waals surface area (Å²) in [6.45, 7) is 0.459. The molecule has 2 aliphatic heterocycles. The zero-order chi connectivity index (χ0) is 19.9. The third kappa shape index (κ3) is 2.96. The van der Waals surface area contributed by atoms with Gasteiger partial charge in [0.05, 0.1) is 31.3 Å². The summed E-state index contributed by atoms with van der Waals surface area (Å²) in [6, 6.07) is 14.4. The molecular formula is C21H28N4O3. The van der Waals surface area contributed by atoms with Crippen molar-refractivity contribution in [3.05, 3.63) is 48.5 Å². The van der Waals surface area contributed by atoms with Crippen molar-refractivity contribution < 1.29 is 15.3 Å². The molecule has 2 fully saturated rings. The number of aliphatic hydroxyl groups excluding tert-OH is 2. The summed E-state index contributed by atoms with van der Waals surface area (Å²) in [5.74, 6) is 0. The Balaban J connectivity index is 1.61. The molecule has 0 spiro atoms. The summed E-state index contributed by atoms with van der Waals surface area (Å²) in [6.07, 6.45) is 1.40. The molecule has 150 valence electrons. The van der Waals surface area contributed by atoms with E-state index in [-0.39, 0.29) is 31.3 Å². The highest BCUT2D eigenvalue weighted by atomic mass is 16.3. The highest BCUT2D eigenvalue weighted by Crippen LogP contribution is 2.44. The summed E-state index contributed by atoms with van der Waals surface area (Å²) >= 11 is 0. The van der Waals surface area contributed by atoms with Crippen LogP contribution < -0.4 is 21.3 Å². The van der Waals surface area contributed by atoms with Crippen molar-refractivity contribution in [3.8, 4) is 0 Å². The number of nitrogens with two attached hydrogens (primary N) is 2. The summed E-state index contributed by atoms with van der Waals surface area (Å²) in [5.41, 5.74) is 13.5. The van der Waals surface area contributed by atoms with Crippen LogP contribution >= 0.6 is 0 Å². The van der Waals surface area contributed by atoms with Gasteiger partial charge < -0.3 is 36.6 Å². The zero-order valence-corrected chi connectivity index (χ0v) is 15.8. The van der Waals surface area contributed by atoms with Crippen molar-refractivity contribution in [2.75, 3.05) is 41.0 Å². The van der Waals surface area contributed by atoms with E-state index in [0.29, 0.717) is 17.8 Å². The second-order valence-corrected chi connectivity index (χ2v) is 7.83. The lowest BCUT2D eigenvalue weighted by Crippen LogP contribution is -2.76.